The van der Waals surface area contributed by atoms with E-state index in [9.17, 15) is 13.2 Å². The van der Waals surface area contributed by atoms with E-state index in [1.54, 1.807) is 0 Å². The lowest BCUT2D eigenvalue weighted by molar-refractivity contribution is -0.192. The molecule has 0 amide bonds. The van der Waals surface area contributed by atoms with Crippen molar-refractivity contribution < 1.29 is 27.6 Å². The number of hydrogen-bond donors (Lipinski definition) is 2. The number of H-pyrrole nitrogens is 1. The summed E-state index contributed by atoms with van der Waals surface area (Å²) in [6, 6.07) is 1.98. The van der Waals surface area contributed by atoms with Crippen LogP contribution in [0.4, 0.5) is 13.2 Å². The highest BCUT2D eigenvalue weighted by Gasteiger charge is 2.38. The van der Waals surface area contributed by atoms with E-state index in [0.29, 0.717) is 0 Å². The van der Waals surface area contributed by atoms with E-state index in [1.807, 2.05) is 13.0 Å². The lowest BCUT2D eigenvalue weighted by Crippen LogP contribution is -2.21. The molecule has 2 aromatic rings. The average Bonchev–Trinajstić information content (AvgIpc) is 3.18. The molecule has 1 aliphatic rings. The summed E-state index contributed by atoms with van der Waals surface area (Å²) in [5.41, 5.74) is 4.87. The first kappa shape index (κ1) is 19.0. The molecule has 10 heteroatoms. The summed E-state index contributed by atoms with van der Waals surface area (Å²) in [5.74, 6) is -1.85. The van der Waals surface area contributed by atoms with Crippen molar-refractivity contribution in [1.82, 2.24) is 20.3 Å². The molecule has 0 spiro atoms. The lowest BCUT2D eigenvalue weighted by atomic mass is 10.2. The third-order valence-electron chi connectivity index (χ3n) is 3.66. The number of carboxylic acid groups (broad SMARTS) is 1. The molecule has 2 heterocycles. The molecule has 0 atom stereocenters. The van der Waals surface area contributed by atoms with E-state index in [2.05, 4.69) is 27.3 Å². The largest absolute Gasteiger partial charge is 0.490 e. The van der Waals surface area contributed by atoms with Crippen molar-refractivity contribution in [2.45, 2.75) is 45.5 Å². The Bertz CT molecular complexity index is 724. The van der Waals surface area contributed by atoms with Crippen molar-refractivity contribution in [3.8, 4) is 0 Å². The molecule has 0 saturated heterocycles. The van der Waals surface area contributed by atoms with Crippen LogP contribution in [-0.4, -0.2) is 44.6 Å². The maximum atomic E-state index is 10.6. The fourth-order valence-corrected chi connectivity index (χ4v) is 2.59. The van der Waals surface area contributed by atoms with Gasteiger partial charge < -0.3 is 9.63 Å². The molecule has 0 fully saturated rings. The topological polar surface area (TPSA) is 95.3 Å². The van der Waals surface area contributed by atoms with Gasteiger partial charge in [0.25, 0.3) is 0 Å². The van der Waals surface area contributed by atoms with Gasteiger partial charge in [0.2, 0.25) is 0 Å². The Morgan fingerprint density at radius 3 is 2.64 bits per heavy atom. The second-order valence-electron chi connectivity index (χ2n) is 5.89. The summed E-state index contributed by atoms with van der Waals surface area (Å²) in [4.78, 5) is 11.1. The Labute approximate surface area is 141 Å². The zero-order chi connectivity index (χ0) is 18.6. The van der Waals surface area contributed by atoms with Crippen LogP contribution in [0.5, 0.6) is 0 Å². The summed E-state index contributed by atoms with van der Waals surface area (Å²) >= 11 is 0. The Kier molecular flexibility index (Phi) is 5.83. The zero-order valence-corrected chi connectivity index (χ0v) is 13.9. The Morgan fingerprint density at radius 1 is 1.40 bits per heavy atom. The van der Waals surface area contributed by atoms with Gasteiger partial charge in [-0.05, 0) is 38.8 Å². The minimum Gasteiger partial charge on any atom is -0.475 e. The number of alkyl halides is 3. The van der Waals surface area contributed by atoms with Crippen LogP contribution in [0.1, 0.15) is 34.8 Å². The first-order valence-electron chi connectivity index (χ1n) is 7.62. The smallest absolute Gasteiger partial charge is 0.475 e. The number of fused-ring (bicyclic) bond motifs is 1. The third-order valence-corrected chi connectivity index (χ3v) is 3.66. The molecule has 138 valence electrons. The molecule has 7 nitrogen and oxygen atoms in total. The summed E-state index contributed by atoms with van der Waals surface area (Å²) in [6.45, 7) is 3.56. The molecule has 2 aromatic heterocycles. The van der Waals surface area contributed by atoms with E-state index in [1.165, 1.54) is 23.4 Å². The minimum atomic E-state index is -5.08. The molecule has 0 radical (unpaired) electrons. The lowest BCUT2D eigenvalue weighted by Gasteiger charge is -2.13. The normalized spacial score (nSPS) is 13.5. The molecular formula is C15H19F3N4O3. The molecule has 0 aliphatic heterocycles. The quantitative estimate of drug-likeness (QED) is 0.870. The standard InChI is InChI=1S/C13H18N4O.C2HF3O2/c1-9-6-10(18-16-9)7-17(2)8-13-11-4-3-5-12(11)14-15-13;3-2(4,5)1(6)7/h6H,3-5,7-8H2,1-2H3,(H,14,15);(H,6,7). The number of nitrogens with one attached hydrogen (secondary N) is 1. The number of halogens is 3. The van der Waals surface area contributed by atoms with E-state index in [4.69, 9.17) is 14.4 Å². The van der Waals surface area contributed by atoms with E-state index in [0.717, 1.165) is 37.4 Å². The average molecular weight is 360 g/mol. The molecule has 2 N–H and O–H groups in total. The highest BCUT2D eigenvalue weighted by Crippen LogP contribution is 2.23. The van der Waals surface area contributed by atoms with Crippen molar-refractivity contribution in [3.05, 3.63) is 34.5 Å². The predicted octanol–water partition coefficient (Wildman–Crippen LogP) is 2.46. The van der Waals surface area contributed by atoms with Gasteiger partial charge in [-0.2, -0.15) is 18.3 Å². The van der Waals surface area contributed by atoms with Crippen LogP contribution in [-0.2, 0) is 30.7 Å². The van der Waals surface area contributed by atoms with Crippen molar-refractivity contribution in [3.63, 3.8) is 0 Å². The molecular weight excluding hydrogens is 341 g/mol. The minimum absolute atomic E-state index is 0.766. The van der Waals surface area contributed by atoms with Gasteiger partial charge in [0.1, 0.15) is 0 Å². The van der Waals surface area contributed by atoms with Crippen LogP contribution in [0.25, 0.3) is 0 Å². The molecule has 0 aromatic carbocycles. The third kappa shape index (κ3) is 5.31. The number of aromatic nitrogens is 3. The second-order valence-corrected chi connectivity index (χ2v) is 5.89. The Hall–Kier alpha value is -2.36. The Balaban J connectivity index is 0.000000277. The van der Waals surface area contributed by atoms with Gasteiger partial charge in [-0.15, -0.1) is 0 Å². The highest BCUT2D eigenvalue weighted by molar-refractivity contribution is 5.73. The number of aryl methyl sites for hydroxylation is 2. The number of rotatable bonds is 4. The highest BCUT2D eigenvalue weighted by atomic mass is 19.4. The molecule has 25 heavy (non-hydrogen) atoms. The monoisotopic (exact) mass is 360 g/mol. The number of nitrogens with zero attached hydrogens (tertiary/aromatic N) is 3. The number of hydrogen-bond acceptors (Lipinski definition) is 5. The van der Waals surface area contributed by atoms with Gasteiger partial charge in [-0.1, -0.05) is 5.16 Å². The van der Waals surface area contributed by atoms with Gasteiger partial charge in [0.05, 0.1) is 17.9 Å². The van der Waals surface area contributed by atoms with Gasteiger partial charge in [0, 0.05) is 18.3 Å². The molecule has 1 aliphatic carbocycles. The van der Waals surface area contributed by atoms with Gasteiger partial charge in [-0.25, -0.2) is 4.79 Å². The summed E-state index contributed by atoms with van der Waals surface area (Å²) in [6.07, 6.45) is -1.52. The zero-order valence-electron chi connectivity index (χ0n) is 13.9. The van der Waals surface area contributed by atoms with Crippen LogP contribution in [0.2, 0.25) is 0 Å². The summed E-state index contributed by atoms with van der Waals surface area (Å²) in [5, 5.41) is 18.6. The van der Waals surface area contributed by atoms with Crippen LogP contribution < -0.4 is 0 Å². The number of carbonyl (C=O) groups is 1. The van der Waals surface area contributed by atoms with E-state index in [-0.39, 0.29) is 0 Å². The number of aromatic amines is 1. The van der Waals surface area contributed by atoms with Crippen LogP contribution in [0.3, 0.4) is 0 Å². The Morgan fingerprint density at radius 2 is 2.08 bits per heavy atom. The maximum absolute atomic E-state index is 10.6. The van der Waals surface area contributed by atoms with Crippen LogP contribution in [0.15, 0.2) is 10.6 Å². The van der Waals surface area contributed by atoms with Crippen LogP contribution >= 0.6 is 0 Å². The van der Waals surface area contributed by atoms with Crippen molar-refractivity contribution in [1.29, 1.82) is 0 Å². The fourth-order valence-electron chi connectivity index (χ4n) is 2.59. The molecule has 0 bridgehead atoms. The first-order valence-corrected chi connectivity index (χ1v) is 7.62. The van der Waals surface area contributed by atoms with Crippen molar-refractivity contribution in [2.24, 2.45) is 0 Å². The summed E-state index contributed by atoms with van der Waals surface area (Å²) in [7, 11) is 2.08. The van der Waals surface area contributed by atoms with E-state index < -0.39 is 12.1 Å². The van der Waals surface area contributed by atoms with Gasteiger partial charge >= 0.3 is 12.1 Å². The van der Waals surface area contributed by atoms with Crippen molar-refractivity contribution in [2.75, 3.05) is 7.05 Å². The SMILES string of the molecule is Cc1cc(CN(C)Cc2n[nH]c3c2CCC3)on1.O=C(O)C(F)(F)F. The number of aliphatic carboxylic acids is 1. The predicted molar refractivity (Wildman–Crippen MR) is 80.7 cm³/mol. The fraction of sp³-hybridized carbons (Fsp3) is 0.533. The summed E-state index contributed by atoms with van der Waals surface area (Å²) < 4.78 is 37.0. The van der Waals surface area contributed by atoms with Gasteiger partial charge in [-0.3, -0.25) is 10.00 Å². The van der Waals surface area contributed by atoms with Crippen LogP contribution in [0, 0.1) is 6.92 Å². The van der Waals surface area contributed by atoms with E-state index >= 15 is 0 Å². The van der Waals surface area contributed by atoms with Crippen molar-refractivity contribution >= 4 is 5.97 Å². The first-order chi connectivity index (χ1) is 11.7. The van der Waals surface area contributed by atoms with Gasteiger partial charge in [0.15, 0.2) is 5.76 Å². The second kappa shape index (κ2) is 7.68. The molecule has 3 rings (SSSR count). The maximum Gasteiger partial charge on any atom is 0.490 e. The molecule has 0 saturated carbocycles. The number of carboxylic acids is 1. The molecule has 0 unspecified atom stereocenters.